The quantitative estimate of drug-likeness (QED) is 0.724. The number of carbonyl (C=O) groups is 2. The summed E-state index contributed by atoms with van der Waals surface area (Å²) in [5, 5.41) is 0. The molecule has 10 unspecified atom stereocenters. The van der Waals surface area contributed by atoms with Gasteiger partial charge in [-0.1, -0.05) is 13.2 Å². The molecule has 5 saturated carbocycles. The van der Waals surface area contributed by atoms with E-state index in [2.05, 4.69) is 13.2 Å². The summed E-state index contributed by atoms with van der Waals surface area (Å²) in [4.78, 5) is 25.2. The van der Waals surface area contributed by atoms with E-state index < -0.39 is 11.2 Å². The summed E-state index contributed by atoms with van der Waals surface area (Å²) in [5.74, 6) is 3.78. The Balaban J connectivity index is 1.67. The van der Waals surface area contributed by atoms with Gasteiger partial charge in [-0.05, 0) is 42.2 Å². The van der Waals surface area contributed by atoms with Crippen LogP contribution < -0.4 is 0 Å². The second kappa shape index (κ2) is 2.50. The molecule has 7 aliphatic rings. The molecule has 0 N–H and O–H groups in total. The van der Waals surface area contributed by atoms with E-state index in [4.69, 9.17) is 4.74 Å². The van der Waals surface area contributed by atoms with Crippen molar-refractivity contribution >= 4 is 11.6 Å². The molecule has 0 spiro atoms. The van der Waals surface area contributed by atoms with Gasteiger partial charge >= 0.3 is 0 Å². The molecule has 3 nitrogen and oxygen atoms in total. The normalized spacial score (nSPS) is 67.8. The Morgan fingerprint density at radius 3 is 1.75 bits per heavy atom. The average Bonchev–Trinajstić information content (AvgIpc) is 3.07. The van der Waals surface area contributed by atoms with Crippen molar-refractivity contribution in [3.8, 4) is 0 Å². The first-order chi connectivity index (χ1) is 9.64. The first-order valence-electron chi connectivity index (χ1n) is 7.68. The van der Waals surface area contributed by atoms with E-state index in [9.17, 15) is 9.59 Å². The Kier molecular flexibility index (Phi) is 1.31. The van der Waals surface area contributed by atoms with E-state index in [1.54, 1.807) is 0 Å². The van der Waals surface area contributed by atoms with Gasteiger partial charge in [0.1, 0.15) is 11.2 Å². The van der Waals surface area contributed by atoms with Gasteiger partial charge in [-0.2, -0.15) is 0 Å². The van der Waals surface area contributed by atoms with Crippen LogP contribution in [-0.2, 0) is 14.3 Å². The summed E-state index contributed by atoms with van der Waals surface area (Å²) in [6, 6.07) is 0. The van der Waals surface area contributed by atoms with Crippen LogP contribution in [0.5, 0.6) is 0 Å². The summed E-state index contributed by atoms with van der Waals surface area (Å²) in [5.41, 5.74) is -1.38. The SMILES string of the molecule is C=CC(=O)C12OC3(C(=O)C=C)C4C5CC(C6C5C3C61)C42. The Morgan fingerprint density at radius 2 is 1.35 bits per heavy atom. The molecule has 20 heavy (non-hydrogen) atoms. The lowest BCUT2D eigenvalue weighted by Gasteiger charge is -2.46. The molecule has 4 bridgehead atoms. The van der Waals surface area contributed by atoms with Crippen LogP contribution in [0.4, 0.5) is 0 Å². The van der Waals surface area contributed by atoms with E-state index in [1.807, 2.05) is 0 Å². The summed E-state index contributed by atoms with van der Waals surface area (Å²) in [7, 11) is 0. The molecule has 7 rings (SSSR count). The van der Waals surface area contributed by atoms with Gasteiger partial charge in [0.25, 0.3) is 0 Å². The van der Waals surface area contributed by atoms with Gasteiger partial charge in [-0.3, -0.25) is 9.59 Å². The van der Waals surface area contributed by atoms with Crippen molar-refractivity contribution in [3.63, 3.8) is 0 Å². The van der Waals surface area contributed by atoms with E-state index in [0.29, 0.717) is 35.5 Å². The van der Waals surface area contributed by atoms with Crippen molar-refractivity contribution in [2.24, 2.45) is 47.3 Å². The molecule has 0 aromatic heterocycles. The molecular formula is C17H16O3. The summed E-state index contributed by atoms with van der Waals surface area (Å²) >= 11 is 0. The summed E-state index contributed by atoms with van der Waals surface area (Å²) in [6.45, 7) is 7.37. The molecule has 0 amide bonds. The molecule has 2 heterocycles. The molecule has 102 valence electrons. The van der Waals surface area contributed by atoms with Crippen LogP contribution in [0.3, 0.4) is 0 Å². The maximum absolute atomic E-state index is 12.6. The summed E-state index contributed by atoms with van der Waals surface area (Å²) < 4.78 is 6.41. The maximum Gasteiger partial charge on any atom is 0.187 e. The Bertz CT molecular complexity index is 593. The molecule has 0 aromatic carbocycles. The minimum atomic E-state index is -0.688. The van der Waals surface area contributed by atoms with E-state index in [-0.39, 0.29) is 23.4 Å². The largest absolute Gasteiger partial charge is 0.351 e. The highest BCUT2D eigenvalue weighted by Crippen LogP contribution is 2.93. The lowest BCUT2D eigenvalue weighted by atomic mass is 9.53. The van der Waals surface area contributed by atoms with Gasteiger partial charge in [-0.25, -0.2) is 0 Å². The highest BCUT2D eigenvalue weighted by Gasteiger charge is 2.99. The minimum Gasteiger partial charge on any atom is -0.351 e. The van der Waals surface area contributed by atoms with Gasteiger partial charge < -0.3 is 4.74 Å². The van der Waals surface area contributed by atoms with E-state index >= 15 is 0 Å². The van der Waals surface area contributed by atoms with Crippen LogP contribution in [-0.4, -0.2) is 22.8 Å². The van der Waals surface area contributed by atoms with E-state index in [0.717, 1.165) is 0 Å². The third kappa shape index (κ3) is 0.581. The second-order valence-electron chi connectivity index (χ2n) is 7.65. The zero-order chi connectivity index (χ0) is 13.6. The van der Waals surface area contributed by atoms with Gasteiger partial charge in [-0.15, -0.1) is 0 Å². The van der Waals surface area contributed by atoms with Crippen molar-refractivity contribution in [2.75, 3.05) is 0 Å². The third-order valence-corrected chi connectivity index (χ3v) is 7.96. The fourth-order valence-electron chi connectivity index (χ4n) is 8.20. The van der Waals surface area contributed by atoms with Crippen LogP contribution >= 0.6 is 0 Å². The molecular weight excluding hydrogens is 252 g/mol. The fourth-order valence-corrected chi connectivity index (χ4v) is 8.20. The number of ether oxygens (including phenoxy) is 1. The van der Waals surface area contributed by atoms with Crippen LogP contribution in [0.25, 0.3) is 0 Å². The smallest absolute Gasteiger partial charge is 0.187 e. The highest BCUT2D eigenvalue weighted by atomic mass is 16.6. The Labute approximate surface area is 117 Å². The van der Waals surface area contributed by atoms with Crippen LogP contribution in [0.15, 0.2) is 25.3 Å². The minimum absolute atomic E-state index is 0.0345. The number of hydrogen-bond donors (Lipinski definition) is 0. The zero-order valence-electron chi connectivity index (χ0n) is 11.1. The van der Waals surface area contributed by atoms with Gasteiger partial charge in [0, 0.05) is 23.7 Å². The average molecular weight is 268 g/mol. The lowest BCUT2D eigenvalue weighted by molar-refractivity contribution is -0.149. The number of hydrogen-bond acceptors (Lipinski definition) is 3. The van der Waals surface area contributed by atoms with Gasteiger partial charge in [0.15, 0.2) is 11.6 Å². The predicted octanol–water partition coefficient (Wildman–Crippen LogP) is 1.39. The van der Waals surface area contributed by atoms with E-state index in [1.165, 1.54) is 18.6 Å². The lowest BCUT2D eigenvalue weighted by Crippen LogP contribution is -2.55. The van der Waals surface area contributed by atoms with Gasteiger partial charge in [0.2, 0.25) is 0 Å². The first kappa shape index (κ1) is 10.5. The maximum atomic E-state index is 12.6. The molecule has 3 heteroatoms. The second-order valence-corrected chi connectivity index (χ2v) is 7.65. The summed E-state index contributed by atoms with van der Waals surface area (Å²) in [6.07, 6.45) is 4.08. The highest BCUT2D eigenvalue weighted by molar-refractivity contribution is 6.05. The van der Waals surface area contributed by atoms with Crippen LogP contribution in [0.1, 0.15) is 6.42 Å². The van der Waals surface area contributed by atoms with Crippen molar-refractivity contribution in [1.82, 2.24) is 0 Å². The van der Waals surface area contributed by atoms with Crippen molar-refractivity contribution in [2.45, 2.75) is 17.6 Å². The monoisotopic (exact) mass is 268 g/mol. The molecule has 10 atom stereocenters. The molecule has 0 radical (unpaired) electrons. The number of carbonyl (C=O) groups excluding carboxylic acids is 2. The first-order valence-corrected chi connectivity index (χ1v) is 7.68. The Morgan fingerprint density at radius 1 is 0.900 bits per heavy atom. The topological polar surface area (TPSA) is 43.4 Å². The van der Waals surface area contributed by atoms with Crippen LogP contribution in [0.2, 0.25) is 0 Å². The number of rotatable bonds is 4. The van der Waals surface area contributed by atoms with Gasteiger partial charge in [0.05, 0.1) is 0 Å². The molecule has 2 aliphatic heterocycles. The molecule has 5 aliphatic carbocycles. The number of ketones is 2. The van der Waals surface area contributed by atoms with Crippen molar-refractivity contribution in [1.29, 1.82) is 0 Å². The van der Waals surface area contributed by atoms with Crippen molar-refractivity contribution in [3.05, 3.63) is 25.3 Å². The Hall–Kier alpha value is -1.22. The van der Waals surface area contributed by atoms with Crippen LogP contribution in [0, 0.1) is 47.3 Å². The predicted molar refractivity (Wildman–Crippen MR) is 69.5 cm³/mol. The fraction of sp³-hybridized carbons (Fsp3) is 0.647. The zero-order valence-corrected chi connectivity index (χ0v) is 11.1. The van der Waals surface area contributed by atoms with Crippen molar-refractivity contribution < 1.29 is 14.3 Å². The standard InChI is InChI=1S/C17H16O3/c1-3-8(18)16-12-6-5-7-11-10(6)14(16)15(11)17(20-16,13(7)12)9(19)4-2/h3-4,6-7,10-15H,1-2,5H2. The molecule has 0 aromatic rings. The molecule has 7 fully saturated rings. The third-order valence-electron chi connectivity index (χ3n) is 7.96. The molecule has 2 saturated heterocycles.